The van der Waals surface area contributed by atoms with Crippen LogP contribution >= 0.6 is 11.3 Å². The zero-order chi connectivity index (χ0) is 27.0. The first kappa shape index (κ1) is 28.5. The maximum absolute atomic E-state index is 13.5. The summed E-state index contributed by atoms with van der Waals surface area (Å²) in [6, 6.07) is 10.9. The van der Waals surface area contributed by atoms with Crippen molar-refractivity contribution in [2.75, 3.05) is 24.2 Å². The molecule has 0 saturated carbocycles. The van der Waals surface area contributed by atoms with E-state index in [2.05, 4.69) is 23.0 Å². The van der Waals surface area contributed by atoms with E-state index in [1.54, 1.807) is 0 Å². The number of amides is 3. The average Bonchev–Trinajstić information content (AvgIpc) is 3.41. The number of carbonyl (C=O) groups is 2. The van der Waals surface area contributed by atoms with Crippen molar-refractivity contribution in [1.29, 1.82) is 0 Å². The van der Waals surface area contributed by atoms with E-state index >= 15 is 0 Å². The zero-order valence-electron chi connectivity index (χ0n) is 21.8. The Kier molecular flexibility index (Phi) is 9.80. The van der Waals surface area contributed by atoms with Crippen LogP contribution in [0.1, 0.15) is 69.6 Å². The monoisotopic (exact) mass is 563 g/mol. The van der Waals surface area contributed by atoms with Crippen molar-refractivity contribution >= 4 is 38.8 Å². The van der Waals surface area contributed by atoms with Crippen molar-refractivity contribution in [1.82, 2.24) is 10.8 Å². The summed E-state index contributed by atoms with van der Waals surface area (Å²) in [5.41, 5.74) is 3.95. The van der Waals surface area contributed by atoms with Crippen LogP contribution < -0.4 is 16.1 Å². The molecule has 2 aromatic rings. The Morgan fingerprint density at radius 1 is 1.16 bits per heavy atom. The smallest absolute Gasteiger partial charge is 0.319 e. The van der Waals surface area contributed by atoms with Gasteiger partial charge in [-0.05, 0) is 61.9 Å². The molecule has 3 amide bonds. The molecule has 208 valence electrons. The highest BCUT2D eigenvalue weighted by atomic mass is 32.2. The summed E-state index contributed by atoms with van der Waals surface area (Å²) in [5.74, 6) is -0.424. The largest absolute Gasteiger partial charge is 0.350 e. The number of nitrogens with one attached hydrogen (secondary N) is 3. The molecule has 2 aliphatic heterocycles. The van der Waals surface area contributed by atoms with Crippen molar-refractivity contribution in [2.24, 2.45) is 0 Å². The molecule has 1 unspecified atom stereocenters. The number of anilines is 1. The predicted molar refractivity (Wildman–Crippen MR) is 148 cm³/mol. The molecule has 0 radical (unpaired) electrons. The van der Waals surface area contributed by atoms with Gasteiger partial charge in [-0.2, -0.15) is 0 Å². The topological polar surface area (TPSA) is 123 Å². The van der Waals surface area contributed by atoms with Gasteiger partial charge in [0, 0.05) is 35.0 Å². The number of hydroxylamine groups is 1. The van der Waals surface area contributed by atoms with E-state index in [0.717, 1.165) is 42.5 Å². The summed E-state index contributed by atoms with van der Waals surface area (Å²) in [4.78, 5) is 32.1. The van der Waals surface area contributed by atoms with Crippen LogP contribution in [0.2, 0.25) is 0 Å². The summed E-state index contributed by atoms with van der Waals surface area (Å²) in [6.07, 6.45) is 5.48. The molecule has 0 spiro atoms. The van der Waals surface area contributed by atoms with Crippen molar-refractivity contribution in [2.45, 2.75) is 75.7 Å². The minimum atomic E-state index is -3.58. The second kappa shape index (κ2) is 13.1. The number of urea groups is 1. The third kappa shape index (κ3) is 6.93. The summed E-state index contributed by atoms with van der Waals surface area (Å²) < 4.78 is 31.2. The normalized spacial score (nSPS) is 22.9. The van der Waals surface area contributed by atoms with Gasteiger partial charge in [0.2, 0.25) is 5.91 Å². The molecule has 0 bridgehead atoms. The molecule has 38 heavy (non-hydrogen) atoms. The Labute approximate surface area is 228 Å². The van der Waals surface area contributed by atoms with E-state index in [1.165, 1.54) is 11.3 Å². The third-order valence-corrected chi connectivity index (χ3v) is 11.1. The number of unbranched alkanes of at least 4 members (excludes halogenated alkanes) is 1. The maximum Gasteiger partial charge on any atom is 0.319 e. The van der Waals surface area contributed by atoms with Crippen LogP contribution in [0, 0.1) is 0 Å². The molecule has 3 heterocycles. The predicted octanol–water partition coefficient (Wildman–Crippen LogP) is 5.10. The Morgan fingerprint density at radius 2 is 2.03 bits per heavy atom. The van der Waals surface area contributed by atoms with Crippen molar-refractivity contribution < 1.29 is 27.6 Å². The number of ether oxygens (including phenoxy) is 1. The number of thiophene rings is 1. The lowest BCUT2D eigenvalue weighted by molar-refractivity contribution is -0.200. The first-order valence-electron chi connectivity index (χ1n) is 13.4. The van der Waals surface area contributed by atoms with Gasteiger partial charge >= 0.3 is 6.03 Å². The molecule has 1 aromatic heterocycles. The van der Waals surface area contributed by atoms with E-state index in [-0.39, 0.29) is 18.2 Å². The van der Waals surface area contributed by atoms with E-state index < -0.39 is 26.8 Å². The quantitative estimate of drug-likeness (QED) is 0.273. The van der Waals surface area contributed by atoms with E-state index in [1.807, 2.05) is 36.4 Å². The molecule has 3 N–H and O–H groups in total. The van der Waals surface area contributed by atoms with Crippen LogP contribution in [0.3, 0.4) is 0 Å². The minimum absolute atomic E-state index is 0.0483. The summed E-state index contributed by atoms with van der Waals surface area (Å²) in [6.45, 7) is 3.25. The molecule has 0 aliphatic carbocycles. The Balaban J connectivity index is 1.51. The number of carbonyl (C=O) groups excluding carboxylic acids is 2. The Hall–Kier alpha value is -2.47. The zero-order valence-corrected chi connectivity index (χ0v) is 23.4. The van der Waals surface area contributed by atoms with Gasteiger partial charge in [0.05, 0.1) is 12.2 Å². The van der Waals surface area contributed by atoms with Gasteiger partial charge in [0.15, 0.2) is 16.1 Å². The highest BCUT2D eigenvalue weighted by Gasteiger charge is 2.49. The lowest BCUT2D eigenvalue weighted by Crippen LogP contribution is -2.45. The second-order valence-corrected chi connectivity index (χ2v) is 13.4. The number of sulfone groups is 1. The van der Waals surface area contributed by atoms with Gasteiger partial charge in [-0.25, -0.2) is 23.5 Å². The van der Waals surface area contributed by atoms with Crippen LogP contribution in [0.25, 0.3) is 10.4 Å². The van der Waals surface area contributed by atoms with Gasteiger partial charge < -0.3 is 15.4 Å². The van der Waals surface area contributed by atoms with Crippen molar-refractivity contribution in [3.63, 3.8) is 0 Å². The van der Waals surface area contributed by atoms with E-state index in [9.17, 15) is 18.0 Å². The Bertz CT molecular complexity index is 1210. The lowest BCUT2D eigenvalue weighted by atomic mass is 9.94. The molecule has 4 rings (SSSR count). The number of hydrogen-bond acceptors (Lipinski definition) is 7. The Morgan fingerprint density at radius 3 is 2.79 bits per heavy atom. The number of rotatable bonds is 10. The van der Waals surface area contributed by atoms with Gasteiger partial charge in [-0.3, -0.25) is 4.79 Å². The highest BCUT2D eigenvalue weighted by Crippen LogP contribution is 2.47. The standard InChI is InChI=1S/C27H37N3O6S2/c1-2-3-15-28-26(32)29-21-10-8-9-20(18-21)22-12-13-23(37-22)27(14-5-7-17-38(27,33)34)19-24(31)30-36-25-11-4-6-16-35-25/h8-10,12-13,18,25H,2-7,11,14-17,19H2,1H3,(H,30,31)(H2,28,29,32)/t25?,27-/m0/s1. The van der Waals surface area contributed by atoms with E-state index in [4.69, 9.17) is 9.57 Å². The maximum atomic E-state index is 13.5. The van der Waals surface area contributed by atoms with Gasteiger partial charge in [-0.15, -0.1) is 11.3 Å². The van der Waals surface area contributed by atoms with Crippen LogP contribution in [0.4, 0.5) is 10.5 Å². The first-order valence-corrected chi connectivity index (χ1v) is 15.8. The van der Waals surface area contributed by atoms with Crippen molar-refractivity contribution in [3.8, 4) is 10.4 Å². The van der Waals surface area contributed by atoms with Crippen molar-refractivity contribution in [3.05, 3.63) is 41.3 Å². The summed E-state index contributed by atoms with van der Waals surface area (Å²) in [7, 11) is -3.58. The number of hydrogen-bond donors (Lipinski definition) is 3. The molecule has 2 aliphatic rings. The van der Waals surface area contributed by atoms with Crippen LogP contribution in [-0.4, -0.2) is 45.6 Å². The van der Waals surface area contributed by atoms with Crippen LogP contribution in [-0.2, 0) is 29.0 Å². The number of benzene rings is 1. The second-order valence-electron chi connectivity index (χ2n) is 9.87. The SMILES string of the molecule is CCCCNC(=O)Nc1cccc(-c2ccc([C@@]3(CC(=O)NOC4CCCCO4)CCCCS3(=O)=O)s2)c1. The van der Waals surface area contributed by atoms with Gasteiger partial charge in [0.25, 0.3) is 0 Å². The van der Waals surface area contributed by atoms with Gasteiger partial charge in [0.1, 0.15) is 4.75 Å². The van der Waals surface area contributed by atoms with Crippen LogP contribution in [0.5, 0.6) is 0 Å². The molecule has 1 aromatic carbocycles. The fourth-order valence-corrected chi connectivity index (χ4v) is 8.66. The highest BCUT2D eigenvalue weighted by molar-refractivity contribution is 7.92. The van der Waals surface area contributed by atoms with E-state index in [0.29, 0.717) is 43.0 Å². The fraction of sp³-hybridized carbons (Fsp3) is 0.556. The van der Waals surface area contributed by atoms with Gasteiger partial charge in [-0.1, -0.05) is 31.9 Å². The summed E-state index contributed by atoms with van der Waals surface area (Å²) >= 11 is 1.37. The molecular weight excluding hydrogens is 526 g/mol. The molecule has 11 heteroatoms. The fourth-order valence-electron chi connectivity index (χ4n) is 4.89. The first-order chi connectivity index (χ1) is 18.3. The minimum Gasteiger partial charge on any atom is -0.350 e. The average molecular weight is 564 g/mol. The molecule has 2 saturated heterocycles. The molecule has 9 nitrogen and oxygen atoms in total. The summed E-state index contributed by atoms with van der Waals surface area (Å²) in [5, 5.41) is 5.68. The molecule has 2 atom stereocenters. The van der Waals surface area contributed by atoms with Crippen LogP contribution in [0.15, 0.2) is 36.4 Å². The molecule has 2 fully saturated rings. The molecular formula is C27H37N3O6S2. The third-order valence-electron chi connectivity index (χ3n) is 7.00. The lowest BCUT2D eigenvalue weighted by Gasteiger charge is -2.35.